The van der Waals surface area contributed by atoms with Gasteiger partial charge in [0.15, 0.2) is 0 Å². The van der Waals surface area contributed by atoms with E-state index in [-0.39, 0.29) is 11.9 Å². The topological polar surface area (TPSA) is 58.6 Å². The van der Waals surface area contributed by atoms with Gasteiger partial charge in [0, 0.05) is 18.2 Å². The number of carbonyl (C=O) groups is 2. The first-order valence-corrected chi connectivity index (χ1v) is 9.63. The van der Waals surface area contributed by atoms with Crippen molar-refractivity contribution in [2.24, 2.45) is 5.92 Å². The fraction of sp³-hybridized carbons (Fsp3) is 0.364. The van der Waals surface area contributed by atoms with Crippen LogP contribution >= 0.6 is 0 Å². The molecule has 2 aliphatic carbocycles. The van der Waals surface area contributed by atoms with Crippen molar-refractivity contribution in [3.8, 4) is 0 Å². The summed E-state index contributed by atoms with van der Waals surface area (Å²) in [6.07, 6.45) is 2.63. The van der Waals surface area contributed by atoms with E-state index in [9.17, 15) is 9.59 Å². The molecule has 0 spiro atoms. The molecule has 27 heavy (non-hydrogen) atoms. The number of anilines is 1. The number of nitrogens with zero attached hydrogens (tertiary/aromatic N) is 1. The van der Waals surface area contributed by atoms with Gasteiger partial charge in [-0.3, -0.25) is 9.69 Å². The number of hydrogen-bond acceptors (Lipinski definition) is 3. The number of carbonyl (C=O) groups excluding carboxylic acids is 2. The van der Waals surface area contributed by atoms with Gasteiger partial charge in [-0.15, -0.1) is 0 Å². The van der Waals surface area contributed by atoms with Crippen LogP contribution in [0, 0.1) is 5.92 Å². The highest BCUT2D eigenvalue weighted by atomic mass is 16.6. The maximum Gasteiger partial charge on any atom is 0.415 e. The molecule has 2 amide bonds. The average Bonchev–Trinajstić information content (AvgIpc) is 3.40. The van der Waals surface area contributed by atoms with Gasteiger partial charge in [-0.2, -0.15) is 0 Å². The number of rotatable bonds is 4. The monoisotopic (exact) mass is 362 g/mol. The fourth-order valence-electron chi connectivity index (χ4n) is 4.15. The van der Waals surface area contributed by atoms with E-state index in [0.717, 1.165) is 36.9 Å². The zero-order valence-corrected chi connectivity index (χ0v) is 15.1. The van der Waals surface area contributed by atoms with E-state index in [1.54, 1.807) is 4.90 Å². The van der Waals surface area contributed by atoms with Crippen molar-refractivity contribution < 1.29 is 14.3 Å². The number of benzene rings is 2. The molecule has 2 aromatic carbocycles. The maximum atomic E-state index is 12.9. The van der Waals surface area contributed by atoms with Crippen LogP contribution in [0.4, 0.5) is 10.5 Å². The number of para-hydroxylation sites is 1. The molecule has 0 bridgehead atoms. The highest BCUT2D eigenvalue weighted by molar-refractivity contribution is 5.97. The molecule has 1 fully saturated rings. The van der Waals surface area contributed by atoms with Gasteiger partial charge >= 0.3 is 6.09 Å². The maximum absolute atomic E-state index is 12.9. The van der Waals surface area contributed by atoms with Crippen LogP contribution in [0.2, 0.25) is 0 Å². The molecule has 3 aliphatic rings. The summed E-state index contributed by atoms with van der Waals surface area (Å²) in [7, 11) is 0. The summed E-state index contributed by atoms with van der Waals surface area (Å²) >= 11 is 0. The average molecular weight is 362 g/mol. The van der Waals surface area contributed by atoms with E-state index in [4.69, 9.17) is 4.74 Å². The summed E-state index contributed by atoms with van der Waals surface area (Å²) in [6, 6.07) is 15.9. The predicted molar refractivity (Wildman–Crippen MR) is 102 cm³/mol. The van der Waals surface area contributed by atoms with Gasteiger partial charge in [-0.1, -0.05) is 42.5 Å². The van der Waals surface area contributed by atoms with Crippen molar-refractivity contribution in [1.82, 2.24) is 5.32 Å². The molecule has 1 unspecified atom stereocenters. The second-order valence-electron chi connectivity index (χ2n) is 7.76. The minimum Gasteiger partial charge on any atom is -0.431 e. The molecule has 1 atom stereocenters. The number of fused-ring (bicyclic) bond motifs is 2. The van der Waals surface area contributed by atoms with Crippen molar-refractivity contribution in [3.63, 3.8) is 0 Å². The second kappa shape index (κ2) is 6.41. The molecule has 138 valence electrons. The first-order chi connectivity index (χ1) is 13.2. The molecule has 1 saturated carbocycles. The van der Waals surface area contributed by atoms with Crippen molar-refractivity contribution in [1.29, 1.82) is 0 Å². The number of nitrogens with one attached hydrogen (secondary N) is 1. The van der Waals surface area contributed by atoms with E-state index >= 15 is 0 Å². The summed E-state index contributed by atoms with van der Waals surface area (Å²) in [6.45, 7) is 0.669. The second-order valence-corrected chi connectivity index (χ2v) is 7.76. The number of ether oxygens (including phenoxy) is 1. The predicted octanol–water partition coefficient (Wildman–Crippen LogP) is 3.38. The highest BCUT2D eigenvalue weighted by Crippen LogP contribution is 2.38. The first-order valence-electron chi connectivity index (χ1n) is 9.63. The fourth-order valence-corrected chi connectivity index (χ4v) is 4.15. The molecule has 5 rings (SSSR count). The lowest BCUT2D eigenvalue weighted by molar-refractivity contribution is -0.130. The lowest BCUT2D eigenvalue weighted by Crippen LogP contribution is -2.45. The summed E-state index contributed by atoms with van der Waals surface area (Å²) in [5, 5.41) is 3.09. The smallest absolute Gasteiger partial charge is 0.415 e. The molecule has 0 saturated heterocycles. The zero-order valence-electron chi connectivity index (χ0n) is 15.1. The van der Waals surface area contributed by atoms with Gasteiger partial charge in [0.1, 0.15) is 0 Å². The molecule has 0 aromatic heterocycles. The minimum absolute atomic E-state index is 0.0465. The standard InChI is InChI=1S/C22H22N2O3/c25-21(23-17-11-15-5-1-2-6-16(15)12-17)20-18-7-3-4-8-19(18)24(22(26)27-20)13-14-9-10-14/h1-8,14,17,20H,9-13H2,(H,23,25). The van der Waals surface area contributed by atoms with Crippen LogP contribution in [-0.4, -0.2) is 24.6 Å². The molecule has 0 radical (unpaired) electrons. The summed E-state index contributed by atoms with van der Waals surface area (Å²) in [5.41, 5.74) is 4.13. The molecule has 5 heteroatoms. The van der Waals surface area contributed by atoms with Gasteiger partial charge in [0.25, 0.3) is 5.91 Å². The largest absolute Gasteiger partial charge is 0.431 e. The van der Waals surface area contributed by atoms with Crippen molar-refractivity contribution in [2.75, 3.05) is 11.4 Å². The number of cyclic esters (lactones) is 1. The van der Waals surface area contributed by atoms with Gasteiger partial charge < -0.3 is 10.1 Å². The number of amides is 2. The third-order valence-electron chi connectivity index (χ3n) is 5.72. The molecular weight excluding hydrogens is 340 g/mol. The van der Waals surface area contributed by atoms with Crippen LogP contribution in [-0.2, 0) is 22.4 Å². The lowest BCUT2D eigenvalue weighted by atomic mass is 10.0. The van der Waals surface area contributed by atoms with Gasteiger partial charge in [0.2, 0.25) is 6.10 Å². The van der Waals surface area contributed by atoms with Gasteiger partial charge in [0.05, 0.1) is 5.69 Å². The van der Waals surface area contributed by atoms with E-state index in [0.29, 0.717) is 12.5 Å². The van der Waals surface area contributed by atoms with Crippen LogP contribution in [0.3, 0.4) is 0 Å². The molecule has 1 heterocycles. The zero-order chi connectivity index (χ0) is 18.4. The molecular formula is C22H22N2O3. The Morgan fingerprint density at radius 1 is 1.04 bits per heavy atom. The Bertz CT molecular complexity index is 881. The first kappa shape index (κ1) is 16.4. The van der Waals surface area contributed by atoms with Crippen LogP contribution in [0.15, 0.2) is 48.5 Å². The molecule has 1 N–H and O–H groups in total. The van der Waals surface area contributed by atoms with Crippen LogP contribution < -0.4 is 10.2 Å². The molecule has 2 aromatic rings. The van der Waals surface area contributed by atoms with E-state index in [1.807, 2.05) is 36.4 Å². The summed E-state index contributed by atoms with van der Waals surface area (Å²) in [5.74, 6) is 0.313. The quantitative estimate of drug-likeness (QED) is 0.907. The van der Waals surface area contributed by atoms with E-state index < -0.39 is 12.2 Å². The molecule has 5 nitrogen and oxygen atoms in total. The van der Waals surface area contributed by atoms with Gasteiger partial charge in [-0.25, -0.2) is 4.79 Å². The Morgan fingerprint density at radius 3 is 2.41 bits per heavy atom. The number of hydrogen-bond donors (Lipinski definition) is 1. The normalized spacial score (nSPS) is 21.4. The summed E-state index contributed by atoms with van der Waals surface area (Å²) in [4.78, 5) is 27.2. The third-order valence-corrected chi connectivity index (χ3v) is 5.72. The Kier molecular flexibility index (Phi) is 3.88. The minimum atomic E-state index is -0.882. The van der Waals surface area contributed by atoms with Crippen LogP contribution in [0.25, 0.3) is 0 Å². The van der Waals surface area contributed by atoms with E-state index in [2.05, 4.69) is 17.4 Å². The third kappa shape index (κ3) is 3.07. The van der Waals surface area contributed by atoms with Crippen molar-refractivity contribution >= 4 is 17.7 Å². The van der Waals surface area contributed by atoms with E-state index in [1.165, 1.54) is 11.1 Å². The lowest BCUT2D eigenvalue weighted by Gasteiger charge is -2.33. The van der Waals surface area contributed by atoms with Crippen LogP contribution in [0.5, 0.6) is 0 Å². The Labute approximate surface area is 158 Å². The highest BCUT2D eigenvalue weighted by Gasteiger charge is 2.39. The van der Waals surface area contributed by atoms with Crippen molar-refractivity contribution in [2.45, 2.75) is 37.8 Å². The SMILES string of the molecule is O=C(NC1Cc2ccccc2C1)C1OC(=O)N(CC2CC2)c2ccccc21. The van der Waals surface area contributed by atoms with Crippen LogP contribution in [0.1, 0.15) is 35.6 Å². The Hall–Kier alpha value is -2.82. The summed E-state index contributed by atoms with van der Waals surface area (Å²) < 4.78 is 5.58. The molecule has 1 aliphatic heterocycles. The van der Waals surface area contributed by atoms with Crippen molar-refractivity contribution in [3.05, 3.63) is 65.2 Å². The Balaban J connectivity index is 1.35. The van der Waals surface area contributed by atoms with Gasteiger partial charge in [-0.05, 0) is 48.8 Å². The Morgan fingerprint density at radius 2 is 1.70 bits per heavy atom.